The number of carbonyl (C=O) groups is 2. The number of nitrogens with zero attached hydrogens (tertiary/aromatic N) is 1. The first kappa shape index (κ1) is 20.1. The van der Waals surface area contributed by atoms with Crippen LogP contribution in [0.1, 0.15) is 35.3 Å². The van der Waals surface area contributed by atoms with Gasteiger partial charge < -0.3 is 10.6 Å². The van der Waals surface area contributed by atoms with E-state index in [0.29, 0.717) is 17.7 Å². The van der Waals surface area contributed by atoms with Gasteiger partial charge in [-0.2, -0.15) is 0 Å². The first-order chi connectivity index (χ1) is 11.0. The zero-order chi connectivity index (χ0) is 18.7. The summed E-state index contributed by atoms with van der Waals surface area (Å²) in [6.45, 7) is 7.27. The molecule has 1 rings (SSSR count). The van der Waals surface area contributed by atoms with Crippen molar-refractivity contribution in [1.29, 1.82) is 0 Å². The lowest BCUT2D eigenvalue weighted by Gasteiger charge is -2.18. The molecule has 0 spiro atoms. The number of aryl methyl sites for hydroxylation is 1. The zero-order valence-corrected chi connectivity index (χ0v) is 15.7. The van der Waals surface area contributed by atoms with Gasteiger partial charge in [0.1, 0.15) is 6.04 Å². The maximum absolute atomic E-state index is 12.4. The van der Waals surface area contributed by atoms with Gasteiger partial charge in [0.05, 0.1) is 4.90 Å². The number of hydrogen-bond donors (Lipinski definition) is 2. The number of carbonyl (C=O) groups excluding carboxylic acids is 2. The van der Waals surface area contributed by atoms with Crippen LogP contribution in [-0.4, -0.2) is 51.2 Å². The van der Waals surface area contributed by atoms with Crippen LogP contribution in [0.2, 0.25) is 0 Å². The fraction of sp³-hybridized carbons (Fsp3) is 0.500. The maximum atomic E-state index is 12.4. The Morgan fingerprint density at radius 2 is 1.79 bits per heavy atom. The molecule has 0 radical (unpaired) electrons. The van der Waals surface area contributed by atoms with E-state index in [0.717, 1.165) is 4.31 Å². The van der Waals surface area contributed by atoms with Crippen molar-refractivity contribution in [2.45, 2.75) is 38.6 Å². The molecule has 8 heteroatoms. The lowest BCUT2D eigenvalue weighted by Crippen LogP contribution is -2.44. The largest absolute Gasteiger partial charge is 0.355 e. The topological polar surface area (TPSA) is 95.6 Å². The highest BCUT2D eigenvalue weighted by molar-refractivity contribution is 7.89. The first-order valence-electron chi connectivity index (χ1n) is 7.64. The molecule has 1 aromatic carbocycles. The zero-order valence-electron chi connectivity index (χ0n) is 14.9. The van der Waals surface area contributed by atoms with E-state index in [9.17, 15) is 18.0 Å². The van der Waals surface area contributed by atoms with Crippen molar-refractivity contribution < 1.29 is 18.0 Å². The van der Waals surface area contributed by atoms with E-state index in [1.807, 2.05) is 0 Å². The normalized spacial score (nSPS) is 12.8. The second-order valence-corrected chi connectivity index (χ2v) is 7.91. The summed E-state index contributed by atoms with van der Waals surface area (Å²) >= 11 is 0. The van der Waals surface area contributed by atoms with E-state index in [-0.39, 0.29) is 16.4 Å². The van der Waals surface area contributed by atoms with Crippen molar-refractivity contribution in [3.8, 4) is 0 Å². The minimum atomic E-state index is -3.67. The molecule has 0 aliphatic carbocycles. The number of benzene rings is 1. The Hall–Kier alpha value is -1.93. The van der Waals surface area contributed by atoms with Crippen LogP contribution in [0.3, 0.4) is 0 Å². The van der Waals surface area contributed by atoms with E-state index in [2.05, 4.69) is 10.6 Å². The van der Waals surface area contributed by atoms with E-state index in [1.165, 1.54) is 20.2 Å². The molecule has 7 nitrogen and oxygen atoms in total. The molecule has 0 aromatic heterocycles. The van der Waals surface area contributed by atoms with Crippen molar-refractivity contribution >= 4 is 21.8 Å². The number of nitrogens with one attached hydrogen (secondary N) is 2. The molecule has 0 aliphatic heterocycles. The van der Waals surface area contributed by atoms with E-state index < -0.39 is 22.0 Å². The van der Waals surface area contributed by atoms with Crippen LogP contribution in [0.15, 0.2) is 17.0 Å². The third kappa shape index (κ3) is 4.33. The molecule has 0 fully saturated rings. The number of amides is 2. The van der Waals surface area contributed by atoms with E-state index in [4.69, 9.17) is 0 Å². The smallest absolute Gasteiger partial charge is 0.251 e. The van der Waals surface area contributed by atoms with Crippen molar-refractivity contribution in [3.63, 3.8) is 0 Å². The molecule has 134 valence electrons. The van der Waals surface area contributed by atoms with Gasteiger partial charge in [0.25, 0.3) is 5.91 Å². The summed E-state index contributed by atoms with van der Waals surface area (Å²) in [4.78, 5) is 24.2. The Labute approximate surface area is 143 Å². The van der Waals surface area contributed by atoms with Gasteiger partial charge in [-0.25, -0.2) is 12.7 Å². The van der Waals surface area contributed by atoms with Crippen LogP contribution in [0.25, 0.3) is 0 Å². The molecule has 2 amide bonds. The Kier molecular flexibility index (Phi) is 6.50. The first-order valence-corrected chi connectivity index (χ1v) is 9.08. The molecule has 2 N–H and O–H groups in total. The van der Waals surface area contributed by atoms with Gasteiger partial charge in [-0.05, 0) is 51.0 Å². The van der Waals surface area contributed by atoms with Crippen LogP contribution in [-0.2, 0) is 14.8 Å². The number of hydrogen-bond acceptors (Lipinski definition) is 4. The molecular formula is C16H25N3O4S. The maximum Gasteiger partial charge on any atom is 0.251 e. The lowest BCUT2D eigenvalue weighted by atomic mass is 10.1. The van der Waals surface area contributed by atoms with Gasteiger partial charge in [0.2, 0.25) is 15.9 Å². The molecule has 0 aliphatic rings. The molecular weight excluding hydrogens is 330 g/mol. The average Bonchev–Trinajstić information content (AvgIpc) is 2.49. The molecule has 0 unspecified atom stereocenters. The Bertz CT molecular complexity index is 742. The minimum absolute atomic E-state index is 0.0864. The molecule has 0 saturated heterocycles. The van der Waals surface area contributed by atoms with Gasteiger partial charge in [-0.1, -0.05) is 0 Å². The Morgan fingerprint density at radius 3 is 2.29 bits per heavy atom. The fourth-order valence-corrected chi connectivity index (χ4v) is 3.31. The Morgan fingerprint density at radius 1 is 1.21 bits per heavy atom. The van der Waals surface area contributed by atoms with Crippen LogP contribution in [0.4, 0.5) is 0 Å². The van der Waals surface area contributed by atoms with Crippen LogP contribution < -0.4 is 10.6 Å². The summed E-state index contributed by atoms with van der Waals surface area (Å²) in [6.07, 6.45) is 0. The highest BCUT2D eigenvalue weighted by Crippen LogP contribution is 2.23. The predicted molar refractivity (Wildman–Crippen MR) is 92.4 cm³/mol. The van der Waals surface area contributed by atoms with Crippen molar-refractivity contribution in [1.82, 2.24) is 14.9 Å². The Balaban J connectivity index is 3.21. The van der Waals surface area contributed by atoms with Crippen LogP contribution in [0, 0.1) is 13.8 Å². The summed E-state index contributed by atoms with van der Waals surface area (Å²) in [5.74, 6) is -0.789. The third-order valence-electron chi connectivity index (χ3n) is 3.73. The summed E-state index contributed by atoms with van der Waals surface area (Å²) in [6, 6.07) is 2.24. The fourth-order valence-electron chi connectivity index (χ4n) is 2.10. The van der Waals surface area contributed by atoms with E-state index >= 15 is 0 Å². The lowest BCUT2D eigenvalue weighted by molar-refractivity contribution is -0.122. The van der Waals surface area contributed by atoms with Gasteiger partial charge in [0, 0.05) is 26.2 Å². The number of rotatable bonds is 6. The van der Waals surface area contributed by atoms with Crippen molar-refractivity contribution in [2.24, 2.45) is 0 Å². The summed E-state index contributed by atoms with van der Waals surface area (Å²) in [5, 5.41) is 5.19. The second-order valence-electron chi connectivity index (χ2n) is 5.79. The number of likely N-dealkylation sites (N-methyl/N-ethyl adjacent to an activating group) is 1. The molecule has 1 aromatic rings. The van der Waals surface area contributed by atoms with Crippen LogP contribution in [0.5, 0.6) is 0 Å². The predicted octanol–water partition coefficient (Wildman–Crippen LogP) is 0.808. The standard InChI is InChI=1S/C16H25N3O4S/c1-7-17-15(20)12(4)18-16(21)13-8-10(2)11(3)14(9-13)24(22,23)19(5)6/h8-9,12H,7H2,1-6H3,(H,17,20)(H,18,21)/t12-/m0/s1. The van der Waals surface area contributed by atoms with Crippen LogP contribution >= 0.6 is 0 Å². The van der Waals surface area contributed by atoms with Gasteiger partial charge in [-0.3, -0.25) is 9.59 Å². The minimum Gasteiger partial charge on any atom is -0.355 e. The molecule has 0 bridgehead atoms. The molecule has 0 heterocycles. The highest BCUT2D eigenvalue weighted by Gasteiger charge is 2.24. The summed E-state index contributed by atoms with van der Waals surface area (Å²) in [7, 11) is -0.788. The van der Waals surface area contributed by atoms with Gasteiger partial charge in [-0.15, -0.1) is 0 Å². The third-order valence-corrected chi connectivity index (χ3v) is 5.67. The summed E-state index contributed by atoms with van der Waals surface area (Å²) in [5.41, 5.74) is 1.49. The van der Waals surface area contributed by atoms with Gasteiger partial charge in [0.15, 0.2) is 0 Å². The van der Waals surface area contributed by atoms with Crippen molar-refractivity contribution in [2.75, 3.05) is 20.6 Å². The highest BCUT2D eigenvalue weighted by atomic mass is 32.2. The van der Waals surface area contributed by atoms with Crippen molar-refractivity contribution in [3.05, 3.63) is 28.8 Å². The van der Waals surface area contributed by atoms with Gasteiger partial charge >= 0.3 is 0 Å². The quantitative estimate of drug-likeness (QED) is 0.789. The molecule has 24 heavy (non-hydrogen) atoms. The average molecular weight is 355 g/mol. The number of sulfonamides is 1. The molecule has 0 saturated carbocycles. The monoisotopic (exact) mass is 355 g/mol. The summed E-state index contributed by atoms with van der Waals surface area (Å²) < 4.78 is 26.0. The van der Waals surface area contributed by atoms with E-state index in [1.54, 1.807) is 33.8 Å². The second kappa shape index (κ2) is 7.76. The SMILES string of the molecule is CCNC(=O)[C@H](C)NC(=O)c1cc(C)c(C)c(S(=O)(=O)N(C)C)c1. The molecule has 1 atom stereocenters.